The number of aromatic nitrogens is 2. The zero-order valence-electron chi connectivity index (χ0n) is 14.3. The fraction of sp³-hybridized carbons (Fsp3) is 0.286. The van der Waals surface area contributed by atoms with Gasteiger partial charge in [0.05, 0.1) is 17.8 Å². The van der Waals surface area contributed by atoms with Gasteiger partial charge in [-0.15, -0.1) is 0 Å². The van der Waals surface area contributed by atoms with Crippen molar-refractivity contribution >= 4 is 22.8 Å². The highest BCUT2D eigenvalue weighted by Crippen LogP contribution is 2.35. The zero-order chi connectivity index (χ0) is 17.5. The predicted octanol–water partition coefficient (Wildman–Crippen LogP) is 3.44. The maximum atomic E-state index is 12.4. The van der Waals surface area contributed by atoms with Crippen molar-refractivity contribution in [1.82, 2.24) is 9.97 Å². The molecule has 0 bridgehead atoms. The summed E-state index contributed by atoms with van der Waals surface area (Å²) in [6.07, 6.45) is 1.91. The minimum atomic E-state index is -0.256. The van der Waals surface area contributed by atoms with Crippen molar-refractivity contribution in [1.29, 1.82) is 0 Å². The summed E-state index contributed by atoms with van der Waals surface area (Å²) in [5.41, 5.74) is 2.84. The average molecular weight is 345 g/mol. The Morgan fingerprint density at radius 2 is 1.77 bits per heavy atom. The molecule has 2 aromatic carbocycles. The molecule has 130 valence electrons. The van der Waals surface area contributed by atoms with Gasteiger partial charge in [-0.05, 0) is 24.8 Å². The summed E-state index contributed by atoms with van der Waals surface area (Å²) >= 11 is 0. The summed E-state index contributed by atoms with van der Waals surface area (Å²) in [6, 6.07) is 17.9. The zero-order valence-corrected chi connectivity index (χ0v) is 14.3. The minimum Gasteiger partial charge on any atom is -0.464 e. The van der Waals surface area contributed by atoms with Gasteiger partial charge in [0, 0.05) is 17.5 Å². The molecule has 0 amide bonds. The summed E-state index contributed by atoms with van der Waals surface area (Å²) in [7, 11) is 0. The molecule has 3 heterocycles. The van der Waals surface area contributed by atoms with Crippen molar-refractivity contribution in [2.75, 3.05) is 18.1 Å². The Hall–Kier alpha value is -2.95. The summed E-state index contributed by atoms with van der Waals surface area (Å²) in [5, 5.41) is 1.02. The molecule has 2 fully saturated rings. The number of anilines is 1. The van der Waals surface area contributed by atoms with Crippen LogP contribution in [0.15, 0.2) is 54.6 Å². The molecule has 0 N–H and O–H groups in total. The molecule has 2 atom stereocenters. The molecule has 26 heavy (non-hydrogen) atoms. The van der Waals surface area contributed by atoms with Gasteiger partial charge in [-0.2, -0.15) is 0 Å². The van der Waals surface area contributed by atoms with Crippen LogP contribution in [0.5, 0.6) is 0 Å². The van der Waals surface area contributed by atoms with Crippen molar-refractivity contribution in [2.24, 2.45) is 5.92 Å². The molecule has 5 heteroatoms. The first kappa shape index (κ1) is 15.3. The molecule has 0 aliphatic carbocycles. The van der Waals surface area contributed by atoms with Crippen LogP contribution in [-0.4, -0.2) is 35.1 Å². The molecule has 0 radical (unpaired) electrons. The van der Waals surface area contributed by atoms with E-state index >= 15 is 0 Å². The van der Waals surface area contributed by atoms with Gasteiger partial charge in [0.25, 0.3) is 0 Å². The number of para-hydroxylation sites is 1. The minimum absolute atomic E-state index is 0.142. The Balaban J connectivity index is 1.66. The first-order valence-corrected chi connectivity index (χ1v) is 9.07. The lowest BCUT2D eigenvalue weighted by molar-refractivity contribution is -0.150. The monoisotopic (exact) mass is 345 g/mol. The first-order chi connectivity index (χ1) is 12.8. The number of ether oxygens (including phenoxy) is 1. The maximum absolute atomic E-state index is 12.4. The molecule has 5 rings (SSSR count). The predicted molar refractivity (Wildman–Crippen MR) is 99.8 cm³/mol. The van der Waals surface area contributed by atoms with Crippen LogP contribution in [0.3, 0.4) is 0 Å². The number of benzene rings is 2. The third kappa shape index (κ3) is 2.43. The highest BCUT2D eigenvalue weighted by Gasteiger charge is 2.44. The standard InChI is InChI=1S/C21H19N3O2/c25-20-19-15(11-13-26-20)10-12-24(19)21-22-17-9-5-4-8-16(17)18(23-21)14-6-2-1-3-7-14/h1-9,15,19H,10-13H2. The van der Waals surface area contributed by atoms with Gasteiger partial charge in [-0.1, -0.05) is 48.5 Å². The molecule has 2 aliphatic heterocycles. The smallest absolute Gasteiger partial charge is 0.329 e. The molecular weight excluding hydrogens is 326 g/mol. The number of carbonyl (C=O) groups is 1. The van der Waals surface area contributed by atoms with Crippen molar-refractivity contribution in [2.45, 2.75) is 18.9 Å². The van der Waals surface area contributed by atoms with Gasteiger partial charge in [0.15, 0.2) is 0 Å². The van der Waals surface area contributed by atoms with E-state index in [-0.39, 0.29) is 12.0 Å². The van der Waals surface area contributed by atoms with Crippen molar-refractivity contribution in [3.05, 3.63) is 54.6 Å². The van der Waals surface area contributed by atoms with Crippen molar-refractivity contribution < 1.29 is 9.53 Å². The SMILES string of the molecule is O=C1OCCC2CCN(c3nc(-c4ccccc4)c4ccccc4n3)C12. The van der Waals surface area contributed by atoms with Gasteiger partial charge >= 0.3 is 5.97 Å². The average Bonchev–Trinajstić information content (AvgIpc) is 3.13. The maximum Gasteiger partial charge on any atom is 0.329 e. The van der Waals surface area contributed by atoms with E-state index in [1.54, 1.807) is 0 Å². The topological polar surface area (TPSA) is 55.3 Å². The lowest BCUT2D eigenvalue weighted by Gasteiger charge is -2.30. The lowest BCUT2D eigenvalue weighted by Crippen LogP contribution is -2.45. The van der Waals surface area contributed by atoms with Crippen LogP contribution < -0.4 is 4.90 Å². The number of hydrogen-bond acceptors (Lipinski definition) is 5. The van der Waals surface area contributed by atoms with E-state index in [1.165, 1.54) is 0 Å². The number of esters is 1. The Labute approximate surface area is 151 Å². The van der Waals surface area contributed by atoms with Crippen LogP contribution in [0, 0.1) is 5.92 Å². The van der Waals surface area contributed by atoms with Gasteiger partial charge in [0.2, 0.25) is 5.95 Å². The summed E-state index contributed by atoms with van der Waals surface area (Å²) < 4.78 is 5.31. The number of carbonyl (C=O) groups excluding carboxylic acids is 1. The van der Waals surface area contributed by atoms with Gasteiger partial charge in [-0.3, -0.25) is 0 Å². The number of hydrogen-bond donors (Lipinski definition) is 0. The van der Waals surface area contributed by atoms with E-state index in [9.17, 15) is 4.79 Å². The van der Waals surface area contributed by atoms with E-state index in [4.69, 9.17) is 14.7 Å². The molecule has 2 saturated heterocycles. The number of cyclic esters (lactones) is 1. The van der Waals surface area contributed by atoms with E-state index in [0.717, 1.165) is 41.5 Å². The molecule has 0 spiro atoms. The van der Waals surface area contributed by atoms with Crippen LogP contribution in [0.1, 0.15) is 12.8 Å². The molecule has 3 aromatic rings. The normalized spacial score (nSPS) is 22.3. The molecule has 2 aliphatic rings. The van der Waals surface area contributed by atoms with E-state index < -0.39 is 0 Å². The Morgan fingerprint density at radius 3 is 2.65 bits per heavy atom. The van der Waals surface area contributed by atoms with Gasteiger partial charge < -0.3 is 9.64 Å². The second-order valence-electron chi connectivity index (χ2n) is 6.90. The number of rotatable bonds is 2. The van der Waals surface area contributed by atoms with E-state index in [0.29, 0.717) is 18.5 Å². The Kier molecular flexibility index (Phi) is 3.59. The third-order valence-corrected chi connectivity index (χ3v) is 5.39. The molecular formula is C21H19N3O2. The third-order valence-electron chi connectivity index (χ3n) is 5.39. The Morgan fingerprint density at radius 1 is 0.962 bits per heavy atom. The number of nitrogens with zero attached hydrogens (tertiary/aromatic N) is 3. The second kappa shape index (κ2) is 6.09. The highest BCUT2D eigenvalue weighted by atomic mass is 16.5. The van der Waals surface area contributed by atoms with Crippen LogP contribution in [0.2, 0.25) is 0 Å². The van der Waals surface area contributed by atoms with E-state index in [2.05, 4.69) is 12.1 Å². The molecule has 5 nitrogen and oxygen atoms in total. The highest BCUT2D eigenvalue weighted by molar-refractivity contribution is 5.93. The lowest BCUT2D eigenvalue weighted by atomic mass is 9.95. The second-order valence-corrected chi connectivity index (χ2v) is 6.90. The van der Waals surface area contributed by atoms with Crippen molar-refractivity contribution in [3.8, 4) is 11.3 Å². The fourth-order valence-electron chi connectivity index (χ4n) is 4.11. The van der Waals surface area contributed by atoms with Crippen LogP contribution in [0.25, 0.3) is 22.2 Å². The fourth-order valence-corrected chi connectivity index (χ4v) is 4.11. The van der Waals surface area contributed by atoms with Gasteiger partial charge in [0.1, 0.15) is 6.04 Å². The summed E-state index contributed by atoms with van der Waals surface area (Å²) in [4.78, 5) is 24.1. The molecule has 2 unspecified atom stereocenters. The Bertz CT molecular complexity index is 973. The van der Waals surface area contributed by atoms with Crippen molar-refractivity contribution in [3.63, 3.8) is 0 Å². The largest absolute Gasteiger partial charge is 0.464 e. The number of fused-ring (bicyclic) bond motifs is 2. The molecule has 0 saturated carbocycles. The van der Waals surface area contributed by atoms with Crippen LogP contribution in [-0.2, 0) is 9.53 Å². The van der Waals surface area contributed by atoms with E-state index in [1.807, 2.05) is 47.4 Å². The quantitative estimate of drug-likeness (QED) is 0.666. The van der Waals surface area contributed by atoms with Crippen LogP contribution >= 0.6 is 0 Å². The van der Waals surface area contributed by atoms with Crippen LogP contribution in [0.4, 0.5) is 5.95 Å². The van der Waals surface area contributed by atoms with Gasteiger partial charge in [-0.25, -0.2) is 14.8 Å². The molecule has 1 aromatic heterocycles. The first-order valence-electron chi connectivity index (χ1n) is 9.07. The summed E-state index contributed by atoms with van der Waals surface area (Å²) in [6.45, 7) is 1.32. The summed E-state index contributed by atoms with van der Waals surface area (Å²) in [5.74, 6) is 0.817.